The molecular formula is C16H26N4O2S. The number of nitrogens with zero attached hydrogens (tertiary/aromatic N) is 2. The Hall–Kier alpha value is -1.60. The van der Waals surface area contributed by atoms with E-state index >= 15 is 0 Å². The summed E-state index contributed by atoms with van der Waals surface area (Å²) in [6, 6.07) is 8.17. The molecule has 0 atom stereocenters. The van der Waals surface area contributed by atoms with E-state index in [4.69, 9.17) is 0 Å². The van der Waals surface area contributed by atoms with Gasteiger partial charge in [-0.3, -0.25) is 0 Å². The maximum Gasteiger partial charge on any atom is 0.214 e. The minimum absolute atomic E-state index is 0.272. The van der Waals surface area contributed by atoms with Crippen LogP contribution in [0, 0.1) is 6.92 Å². The summed E-state index contributed by atoms with van der Waals surface area (Å²) in [5, 5.41) is 6.40. The summed E-state index contributed by atoms with van der Waals surface area (Å²) in [6.07, 6.45) is 0.726. The smallest absolute Gasteiger partial charge is 0.214 e. The van der Waals surface area contributed by atoms with Crippen LogP contribution in [0.15, 0.2) is 29.3 Å². The average molecular weight is 338 g/mol. The van der Waals surface area contributed by atoms with Crippen LogP contribution in [-0.2, 0) is 16.6 Å². The lowest BCUT2D eigenvalue weighted by Gasteiger charge is -2.16. The van der Waals surface area contributed by atoms with Crippen LogP contribution in [0.2, 0.25) is 0 Å². The second-order valence-corrected chi connectivity index (χ2v) is 7.71. The number of benzene rings is 1. The zero-order valence-electron chi connectivity index (χ0n) is 13.9. The summed E-state index contributed by atoms with van der Waals surface area (Å²) in [7, 11) is -3.03. The second kappa shape index (κ2) is 8.31. The monoisotopic (exact) mass is 338 g/mol. The molecule has 2 rings (SSSR count). The summed E-state index contributed by atoms with van der Waals surface area (Å²) in [5.41, 5.74) is 2.40. The van der Waals surface area contributed by atoms with Crippen molar-refractivity contribution in [3.63, 3.8) is 0 Å². The highest BCUT2D eigenvalue weighted by atomic mass is 32.2. The molecule has 128 valence electrons. The van der Waals surface area contributed by atoms with Gasteiger partial charge >= 0.3 is 0 Å². The van der Waals surface area contributed by atoms with Gasteiger partial charge < -0.3 is 10.6 Å². The standard InChI is InChI=1S/C16H26N4O2S/c1-3-17-16(19-13-15-8-5-4-7-14(15)2)18-9-11-20-10-6-12-23(20,21)22/h4-5,7-8H,3,6,9-13H2,1-2H3,(H2,17,18,19). The highest BCUT2D eigenvalue weighted by molar-refractivity contribution is 7.89. The molecule has 0 spiro atoms. The highest BCUT2D eigenvalue weighted by Gasteiger charge is 2.27. The number of nitrogens with one attached hydrogen (secondary N) is 2. The largest absolute Gasteiger partial charge is 0.357 e. The Bertz CT molecular complexity index is 643. The van der Waals surface area contributed by atoms with E-state index < -0.39 is 10.0 Å². The number of aliphatic imine (C=N–C) groups is 1. The van der Waals surface area contributed by atoms with Crippen LogP contribution in [-0.4, -0.2) is 50.6 Å². The van der Waals surface area contributed by atoms with Gasteiger partial charge in [0.05, 0.1) is 12.3 Å². The second-order valence-electron chi connectivity index (χ2n) is 5.62. The lowest BCUT2D eigenvalue weighted by atomic mass is 10.1. The molecule has 6 nitrogen and oxygen atoms in total. The van der Waals surface area contributed by atoms with Gasteiger partial charge in [0.25, 0.3) is 0 Å². The van der Waals surface area contributed by atoms with Crippen molar-refractivity contribution in [1.29, 1.82) is 0 Å². The molecular weight excluding hydrogens is 312 g/mol. The lowest BCUT2D eigenvalue weighted by molar-refractivity contribution is 0.445. The average Bonchev–Trinajstić information content (AvgIpc) is 2.85. The first-order chi connectivity index (χ1) is 11.0. The number of aryl methyl sites for hydroxylation is 1. The predicted molar refractivity (Wildman–Crippen MR) is 94.0 cm³/mol. The number of rotatable bonds is 6. The van der Waals surface area contributed by atoms with Crippen molar-refractivity contribution in [2.45, 2.75) is 26.8 Å². The van der Waals surface area contributed by atoms with Gasteiger partial charge in [-0.15, -0.1) is 0 Å². The summed E-state index contributed by atoms with van der Waals surface area (Å²) in [6.45, 7) is 7.11. The molecule has 0 bridgehead atoms. The van der Waals surface area contributed by atoms with Crippen molar-refractivity contribution in [2.75, 3.05) is 31.9 Å². The van der Waals surface area contributed by atoms with Crippen molar-refractivity contribution >= 4 is 16.0 Å². The van der Waals surface area contributed by atoms with E-state index in [1.165, 1.54) is 11.1 Å². The summed E-state index contributed by atoms with van der Waals surface area (Å²) in [5.74, 6) is 0.987. The first-order valence-electron chi connectivity index (χ1n) is 8.07. The molecule has 0 aromatic heterocycles. The van der Waals surface area contributed by atoms with E-state index in [-0.39, 0.29) is 5.75 Å². The van der Waals surface area contributed by atoms with Crippen molar-refractivity contribution in [1.82, 2.24) is 14.9 Å². The molecule has 1 fully saturated rings. The Morgan fingerprint density at radius 3 is 2.74 bits per heavy atom. The molecule has 0 radical (unpaired) electrons. The van der Waals surface area contributed by atoms with Crippen LogP contribution in [0.1, 0.15) is 24.5 Å². The van der Waals surface area contributed by atoms with Crippen LogP contribution in [0.3, 0.4) is 0 Å². The van der Waals surface area contributed by atoms with Gasteiger partial charge in [-0.1, -0.05) is 24.3 Å². The Kier molecular flexibility index (Phi) is 6.41. The van der Waals surface area contributed by atoms with Crippen molar-refractivity contribution in [3.8, 4) is 0 Å². The molecule has 1 aliphatic rings. The Balaban J connectivity index is 1.88. The van der Waals surface area contributed by atoms with E-state index in [1.54, 1.807) is 4.31 Å². The van der Waals surface area contributed by atoms with E-state index in [1.807, 2.05) is 19.1 Å². The maximum atomic E-state index is 11.8. The highest BCUT2D eigenvalue weighted by Crippen LogP contribution is 2.11. The van der Waals surface area contributed by atoms with Gasteiger partial charge in [-0.05, 0) is 31.4 Å². The van der Waals surface area contributed by atoms with Gasteiger partial charge in [-0.2, -0.15) is 0 Å². The Morgan fingerprint density at radius 2 is 2.09 bits per heavy atom. The zero-order chi connectivity index (χ0) is 16.7. The molecule has 1 aliphatic heterocycles. The van der Waals surface area contributed by atoms with E-state index in [0.717, 1.165) is 13.0 Å². The summed E-state index contributed by atoms with van der Waals surface area (Å²) in [4.78, 5) is 4.57. The van der Waals surface area contributed by atoms with Gasteiger partial charge in [0, 0.05) is 26.2 Å². The van der Waals surface area contributed by atoms with Crippen molar-refractivity contribution in [2.24, 2.45) is 4.99 Å². The molecule has 0 amide bonds. The first kappa shape index (κ1) is 17.7. The van der Waals surface area contributed by atoms with E-state index in [2.05, 4.69) is 34.7 Å². The zero-order valence-corrected chi connectivity index (χ0v) is 14.7. The van der Waals surface area contributed by atoms with Crippen molar-refractivity contribution in [3.05, 3.63) is 35.4 Å². The predicted octanol–water partition coefficient (Wildman–Crippen LogP) is 1.09. The van der Waals surface area contributed by atoms with Crippen LogP contribution in [0.5, 0.6) is 0 Å². The molecule has 0 aliphatic carbocycles. The fraction of sp³-hybridized carbons (Fsp3) is 0.562. The maximum absolute atomic E-state index is 11.8. The molecule has 1 heterocycles. The molecule has 0 unspecified atom stereocenters. The Morgan fingerprint density at radius 1 is 1.30 bits per heavy atom. The molecule has 1 saturated heterocycles. The van der Waals surface area contributed by atoms with Gasteiger partial charge in [0.2, 0.25) is 10.0 Å². The first-order valence-corrected chi connectivity index (χ1v) is 9.68. The summed E-state index contributed by atoms with van der Waals surface area (Å²) < 4.78 is 25.1. The van der Waals surface area contributed by atoms with Crippen LogP contribution in [0.25, 0.3) is 0 Å². The third-order valence-electron chi connectivity index (χ3n) is 3.87. The fourth-order valence-electron chi connectivity index (χ4n) is 2.53. The summed E-state index contributed by atoms with van der Waals surface area (Å²) >= 11 is 0. The van der Waals surface area contributed by atoms with Gasteiger partial charge in [-0.25, -0.2) is 17.7 Å². The molecule has 0 saturated carbocycles. The molecule has 1 aromatic carbocycles. The number of hydrogen-bond donors (Lipinski definition) is 2. The number of hydrogen-bond acceptors (Lipinski definition) is 3. The van der Waals surface area contributed by atoms with Crippen molar-refractivity contribution < 1.29 is 8.42 Å². The van der Waals surface area contributed by atoms with Crippen LogP contribution in [0.4, 0.5) is 0 Å². The van der Waals surface area contributed by atoms with E-state index in [0.29, 0.717) is 32.1 Å². The molecule has 2 N–H and O–H groups in total. The SMILES string of the molecule is CCNC(=NCc1ccccc1C)NCCN1CCCS1(=O)=O. The molecule has 7 heteroatoms. The van der Waals surface area contributed by atoms with Gasteiger partial charge in [0.1, 0.15) is 0 Å². The third-order valence-corrected chi connectivity index (χ3v) is 5.83. The topological polar surface area (TPSA) is 73.8 Å². The number of guanidine groups is 1. The minimum Gasteiger partial charge on any atom is -0.357 e. The fourth-order valence-corrected chi connectivity index (χ4v) is 4.06. The van der Waals surface area contributed by atoms with E-state index in [9.17, 15) is 8.42 Å². The lowest BCUT2D eigenvalue weighted by Crippen LogP contribution is -2.42. The Labute approximate surface area is 139 Å². The normalized spacial score (nSPS) is 18.1. The minimum atomic E-state index is -3.03. The number of sulfonamides is 1. The quantitative estimate of drug-likeness (QED) is 0.601. The molecule has 23 heavy (non-hydrogen) atoms. The molecule has 1 aromatic rings. The van der Waals surface area contributed by atoms with Crippen LogP contribution >= 0.6 is 0 Å². The third kappa shape index (κ3) is 5.21. The van der Waals surface area contributed by atoms with Crippen LogP contribution < -0.4 is 10.6 Å². The van der Waals surface area contributed by atoms with Gasteiger partial charge in [0.15, 0.2) is 5.96 Å².